The van der Waals surface area contributed by atoms with Gasteiger partial charge in [-0.1, -0.05) is 12.1 Å². The first-order chi connectivity index (χ1) is 10.1. The maximum absolute atomic E-state index is 12.0. The van der Waals surface area contributed by atoms with Crippen LogP contribution in [0.15, 0.2) is 24.3 Å². The van der Waals surface area contributed by atoms with E-state index in [2.05, 4.69) is 5.32 Å². The molecule has 116 valence electrons. The number of aliphatic hydroxyl groups excluding tert-OH is 1. The molecule has 0 bridgehead atoms. The van der Waals surface area contributed by atoms with Crippen LogP contribution >= 0.6 is 0 Å². The Kier molecular flexibility index (Phi) is 5.20. The van der Waals surface area contributed by atoms with Crippen LogP contribution in [0.1, 0.15) is 31.7 Å². The predicted molar refractivity (Wildman–Crippen MR) is 79.1 cm³/mol. The first kappa shape index (κ1) is 15.8. The Labute approximate surface area is 125 Å². The lowest BCUT2D eigenvalue weighted by molar-refractivity contribution is -0.148. The largest absolute Gasteiger partial charge is 0.494 e. The van der Waals surface area contributed by atoms with Gasteiger partial charge in [0.25, 0.3) is 0 Å². The van der Waals surface area contributed by atoms with Gasteiger partial charge in [-0.3, -0.25) is 10.1 Å². The third-order valence-electron chi connectivity index (χ3n) is 3.71. The van der Waals surface area contributed by atoms with Crippen molar-refractivity contribution in [2.24, 2.45) is 0 Å². The minimum Gasteiger partial charge on any atom is -0.494 e. The van der Waals surface area contributed by atoms with Crippen LogP contribution in [0.5, 0.6) is 5.75 Å². The van der Waals surface area contributed by atoms with E-state index in [0.717, 1.165) is 24.2 Å². The lowest BCUT2D eigenvalue weighted by Gasteiger charge is -2.28. The van der Waals surface area contributed by atoms with E-state index >= 15 is 0 Å². The molecule has 1 unspecified atom stereocenters. The number of rotatable bonds is 8. The zero-order valence-electron chi connectivity index (χ0n) is 12.6. The molecular weight excluding hydrogens is 270 g/mol. The van der Waals surface area contributed by atoms with Crippen LogP contribution < -0.4 is 10.1 Å². The minimum absolute atomic E-state index is 0.0198. The SMILES string of the molecule is COC(=O)C(C)(CCOc1ccc(CO)cc1)NC1CC1. The molecule has 5 heteroatoms. The quantitative estimate of drug-likeness (QED) is 0.713. The van der Waals surface area contributed by atoms with E-state index in [1.165, 1.54) is 7.11 Å². The molecule has 1 atom stereocenters. The van der Waals surface area contributed by atoms with Crippen LogP contribution in [0.2, 0.25) is 0 Å². The van der Waals surface area contributed by atoms with Crippen molar-refractivity contribution in [1.29, 1.82) is 0 Å². The molecule has 1 aromatic carbocycles. The summed E-state index contributed by atoms with van der Waals surface area (Å²) in [5.74, 6) is 0.472. The molecule has 21 heavy (non-hydrogen) atoms. The second-order valence-corrected chi connectivity index (χ2v) is 5.64. The van der Waals surface area contributed by atoms with Crippen molar-refractivity contribution in [3.63, 3.8) is 0 Å². The number of methoxy groups -OCH3 is 1. The van der Waals surface area contributed by atoms with Crippen molar-refractivity contribution in [1.82, 2.24) is 5.32 Å². The smallest absolute Gasteiger partial charge is 0.325 e. The molecule has 1 fully saturated rings. The first-order valence-corrected chi connectivity index (χ1v) is 7.26. The van der Waals surface area contributed by atoms with E-state index in [-0.39, 0.29) is 12.6 Å². The van der Waals surface area contributed by atoms with E-state index in [0.29, 0.717) is 19.1 Å². The number of esters is 1. The highest BCUT2D eigenvalue weighted by Crippen LogP contribution is 2.25. The van der Waals surface area contributed by atoms with Crippen LogP contribution in [0.25, 0.3) is 0 Å². The summed E-state index contributed by atoms with van der Waals surface area (Å²) in [7, 11) is 1.41. The fourth-order valence-electron chi connectivity index (χ4n) is 2.20. The van der Waals surface area contributed by atoms with Crippen molar-refractivity contribution < 1.29 is 19.4 Å². The monoisotopic (exact) mass is 293 g/mol. The lowest BCUT2D eigenvalue weighted by Crippen LogP contribution is -2.52. The minimum atomic E-state index is -0.707. The zero-order valence-corrected chi connectivity index (χ0v) is 12.6. The summed E-state index contributed by atoms with van der Waals surface area (Å²) in [6.45, 7) is 2.30. The second-order valence-electron chi connectivity index (χ2n) is 5.64. The van der Waals surface area contributed by atoms with Gasteiger partial charge < -0.3 is 14.6 Å². The molecule has 0 heterocycles. The number of hydrogen-bond donors (Lipinski definition) is 2. The number of hydrogen-bond acceptors (Lipinski definition) is 5. The van der Waals surface area contributed by atoms with Gasteiger partial charge in [-0.25, -0.2) is 0 Å². The van der Waals surface area contributed by atoms with Gasteiger partial charge in [0.05, 0.1) is 20.3 Å². The molecule has 2 N–H and O–H groups in total. The van der Waals surface area contributed by atoms with Crippen molar-refractivity contribution in [2.75, 3.05) is 13.7 Å². The summed E-state index contributed by atoms with van der Waals surface area (Å²) < 4.78 is 10.6. The lowest BCUT2D eigenvalue weighted by atomic mass is 9.98. The van der Waals surface area contributed by atoms with Gasteiger partial charge in [-0.15, -0.1) is 0 Å². The maximum atomic E-state index is 12.0. The molecule has 0 radical (unpaired) electrons. The van der Waals surface area contributed by atoms with Gasteiger partial charge in [0, 0.05) is 12.5 Å². The maximum Gasteiger partial charge on any atom is 0.325 e. The molecule has 1 aliphatic rings. The Morgan fingerprint density at radius 3 is 2.57 bits per heavy atom. The van der Waals surface area contributed by atoms with E-state index in [9.17, 15) is 4.79 Å². The number of nitrogens with one attached hydrogen (secondary N) is 1. The van der Waals surface area contributed by atoms with Crippen LogP contribution in [0, 0.1) is 0 Å². The summed E-state index contributed by atoms with van der Waals surface area (Å²) >= 11 is 0. The van der Waals surface area contributed by atoms with Gasteiger partial charge in [-0.2, -0.15) is 0 Å². The van der Waals surface area contributed by atoms with Gasteiger partial charge in [-0.05, 0) is 37.5 Å². The Balaban J connectivity index is 1.87. The Hall–Kier alpha value is -1.59. The van der Waals surface area contributed by atoms with Gasteiger partial charge in [0.2, 0.25) is 0 Å². The molecule has 0 amide bonds. The topological polar surface area (TPSA) is 67.8 Å². The van der Waals surface area contributed by atoms with Crippen molar-refractivity contribution in [3.8, 4) is 5.75 Å². The summed E-state index contributed by atoms with van der Waals surface area (Å²) in [6, 6.07) is 7.68. The Morgan fingerprint density at radius 1 is 1.38 bits per heavy atom. The van der Waals surface area contributed by atoms with Crippen LogP contribution in [-0.4, -0.2) is 36.4 Å². The Morgan fingerprint density at radius 2 is 2.05 bits per heavy atom. The number of benzene rings is 1. The highest BCUT2D eigenvalue weighted by atomic mass is 16.5. The average molecular weight is 293 g/mol. The number of ether oxygens (including phenoxy) is 2. The first-order valence-electron chi connectivity index (χ1n) is 7.26. The summed E-state index contributed by atoms with van der Waals surface area (Å²) in [5, 5.41) is 12.3. The second kappa shape index (κ2) is 6.91. The third kappa shape index (κ3) is 4.44. The molecule has 0 aromatic heterocycles. The number of carbonyl (C=O) groups excluding carboxylic acids is 1. The molecular formula is C16H23NO4. The fourth-order valence-corrected chi connectivity index (χ4v) is 2.20. The Bertz CT molecular complexity index is 470. The molecule has 0 spiro atoms. The standard InChI is InChI=1S/C16H23NO4/c1-16(15(19)20-2,17-13-5-6-13)9-10-21-14-7-3-12(11-18)4-8-14/h3-4,7-8,13,17-18H,5-6,9-11H2,1-2H3. The molecule has 2 rings (SSSR count). The predicted octanol–water partition coefficient (Wildman–Crippen LogP) is 1.63. The van der Waals surface area contributed by atoms with Crippen molar-refractivity contribution >= 4 is 5.97 Å². The summed E-state index contributed by atoms with van der Waals surface area (Å²) in [5.41, 5.74) is 0.137. The average Bonchev–Trinajstić information content (AvgIpc) is 3.30. The van der Waals surface area contributed by atoms with Gasteiger partial charge >= 0.3 is 5.97 Å². The number of aliphatic hydroxyl groups is 1. The highest BCUT2D eigenvalue weighted by Gasteiger charge is 2.39. The zero-order chi connectivity index (χ0) is 15.3. The van der Waals surface area contributed by atoms with E-state index < -0.39 is 5.54 Å². The fraction of sp³-hybridized carbons (Fsp3) is 0.562. The van der Waals surface area contributed by atoms with Crippen molar-refractivity contribution in [2.45, 2.75) is 44.4 Å². The van der Waals surface area contributed by atoms with Gasteiger partial charge in [0.15, 0.2) is 0 Å². The van der Waals surface area contributed by atoms with Crippen LogP contribution in [0.3, 0.4) is 0 Å². The molecule has 1 aromatic rings. The van der Waals surface area contributed by atoms with Gasteiger partial charge in [0.1, 0.15) is 11.3 Å². The van der Waals surface area contributed by atoms with Crippen LogP contribution in [0.4, 0.5) is 0 Å². The van der Waals surface area contributed by atoms with E-state index in [1.54, 1.807) is 0 Å². The molecule has 1 aliphatic carbocycles. The number of carbonyl (C=O) groups is 1. The summed E-state index contributed by atoms with van der Waals surface area (Å²) in [4.78, 5) is 12.0. The third-order valence-corrected chi connectivity index (χ3v) is 3.71. The van der Waals surface area contributed by atoms with E-state index in [1.807, 2.05) is 31.2 Å². The van der Waals surface area contributed by atoms with Crippen molar-refractivity contribution in [3.05, 3.63) is 29.8 Å². The highest BCUT2D eigenvalue weighted by molar-refractivity contribution is 5.80. The molecule has 1 saturated carbocycles. The van der Waals surface area contributed by atoms with E-state index in [4.69, 9.17) is 14.6 Å². The molecule has 0 saturated heterocycles. The molecule has 0 aliphatic heterocycles. The summed E-state index contributed by atoms with van der Waals surface area (Å²) in [6.07, 6.45) is 2.75. The van der Waals surface area contributed by atoms with Crippen LogP contribution in [-0.2, 0) is 16.1 Å². The normalized spacial score (nSPS) is 17.1. The molecule has 5 nitrogen and oxygen atoms in total.